The monoisotopic (exact) mass is 580 g/mol. The number of carbonyl (C=O) groups excluding carboxylic acids is 1. The zero-order valence-electron chi connectivity index (χ0n) is 24.0. The molecule has 1 saturated heterocycles. The van der Waals surface area contributed by atoms with Crippen molar-refractivity contribution in [2.45, 2.75) is 108 Å². The Kier molecular flexibility index (Phi) is 9.11. The highest BCUT2D eigenvalue weighted by atomic mass is 16.7. The molecule has 1 aromatic carbocycles. The van der Waals surface area contributed by atoms with E-state index in [4.69, 9.17) is 14.2 Å². The number of carbonyl (C=O) groups is 1. The van der Waals surface area contributed by atoms with Gasteiger partial charge in [0.1, 0.15) is 31.0 Å². The van der Waals surface area contributed by atoms with Crippen molar-refractivity contribution in [2.24, 2.45) is 17.3 Å². The molecule has 1 aliphatic heterocycles. The summed E-state index contributed by atoms with van der Waals surface area (Å²) in [5.74, 6) is -1.70. The van der Waals surface area contributed by atoms with E-state index in [0.717, 1.165) is 6.08 Å². The number of fused-ring (bicyclic) bond motifs is 1. The predicted octanol–water partition coefficient (Wildman–Crippen LogP) is 1.59. The number of hydrogen-bond donors (Lipinski definition) is 7. The molecule has 10 atom stereocenters. The summed E-state index contributed by atoms with van der Waals surface area (Å²) >= 11 is 0. The van der Waals surface area contributed by atoms with Crippen molar-refractivity contribution >= 4 is 12.0 Å². The number of hydrogen-bond acceptors (Lipinski definition) is 11. The summed E-state index contributed by atoms with van der Waals surface area (Å²) in [6, 6.07) is 4.02. The van der Waals surface area contributed by atoms with Crippen molar-refractivity contribution < 1.29 is 54.8 Å². The van der Waals surface area contributed by atoms with Crippen LogP contribution in [0.25, 0.3) is 6.08 Å². The van der Waals surface area contributed by atoms with E-state index in [2.05, 4.69) is 0 Å². The van der Waals surface area contributed by atoms with Crippen LogP contribution in [0.3, 0.4) is 0 Å². The van der Waals surface area contributed by atoms with Crippen molar-refractivity contribution in [3.63, 3.8) is 0 Å². The zero-order chi connectivity index (χ0) is 30.3. The summed E-state index contributed by atoms with van der Waals surface area (Å²) in [4.78, 5) is 12.3. The topological polar surface area (TPSA) is 186 Å². The molecular weight excluding hydrogens is 536 g/mol. The molecule has 1 heterocycles. The lowest BCUT2D eigenvalue weighted by Gasteiger charge is -2.60. The molecule has 11 heteroatoms. The van der Waals surface area contributed by atoms with Gasteiger partial charge in [-0.15, -0.1) is 0 Å². The van der Waals surface area contributed by atoms with Gasteiger partial charge in [0.05, 0.1) is 17.3 Å². The minimum atomic E-state index is -1.62. The molecule has 1 aromatic rings. The molecule has 0 amide bonds. The molecule has 0 bridgehead atoms. The average Bonchev–Trinajstić information content (AvgIpc) is 2.91. The van der Waals surface area contributed by atoms with Crippen LogP contribution >= 0.6 is 0 Å². The first kappa shape index (κ1) is 31.7. The molecule has 7 N–H and O–H groups in total. The maximum atomic E-state index is 12.3. The molecule has 0 radical (unpaired) electrons. The molecular formula is C30H44O11. The molecule has 11 nitrogen and oxygen atoms in total. The number of aliphatic hydroxyl groups excluding tert-OH is 3. The zero-order valence-corrected chi connectivity index (χ0v) is 24.0. The van der Waals surface area contributed by atoms with E-state index < -0.39 is 66.0 Å². The van der Waals surface area contributed by atoms with Gasteiger partial charge in [-0.05, 0) is 80.1 Å². The van der Waals surface area contributed by atoms with Gasteiger partial charge in [-0.25, -0.2) is 4.79 Å². The Balaban J connectivity index is 1.42. The standard InChI is InChI=1S/C30H44O11/c1-16(2)30(38)12-11-28(3)21(14-30)29(4,37)10-9-22(28)41-27-26(36)25(35)24(34)20(40-27)15-39-23(33)8-6-17-5-7-18(31)19(32)13-17/h5-8,13,16,20-22,24-27,31-32,34-38H,9-12,14-15H2,1-4H3/t20-,21-,22-,24-,25+,26-,27+,28-,29+,30+/m1/s1. The van der Waals surface area contributed by atoms with Crippen molar-refractivity contribution in [1.29, 1.82) is 0 Å². The van der Waals surface area contributed by atoms with E-state index in [9.17, 15) is 40.5 Å². The van der Waals surface area contributed by atoms with Crippen LogP contribution in [0.1, 0.15) is 65.4 Å². The number of rotatable bonds is 7. The molecule has 2 saturated carbocycles. The quantitative estimate of drug-likeness (QED) is 0.141. The fraction of sp³-hybridized carbons (Fsp3) is 0.700. The molecule has 2 aliphatic carbocycles. The van der Waals surface area contributed by atoms with Crippen LogP contribution in [0.15, 0.2) is 24.3 Å². The predicted molar refractivity (Wildman–Crippen MR) is 146 cm³/mol. The van der Waals surface area contributed by atoms with Gasteiger partial charge >= 0.3 is 5.97 Å². The second-order valence-corrected chi connectivity index (χ2v) is 12.8. The minimum absolute atomic E-state index is 0.0100. The number of phenols is 2. The van der Waals surface area contributed by atoms with Gasteiger partial charge in [-0.1, -0.05) is 26.8 Å². The minimum Gasteiger partial charge on any atom is -0.504 e. The van der Waals surface area contributed by atoms with Crippen LogP contribution in [0, 0.1) is 17.3 Å². The van der Waals surface area contributed by atoms with Crippen LogP contribution in [0.2, 0.25) is 0 Å². The van der Waals surface area contributed by atoms with Crippen LogP contribution in [-0.4, -0.2) is 96.3 Å². The van der Waals surface area contributed by atoms with Crippen LogP contribution in [0.4, 0.5) is 0 Å². The normalized spacial score (nSPS) is 41.4. The third kappa shape index (κ3) is 6.41. The van der Waals surface area contributed by atoms with Crippen molar-refractivity contribution in [1.82, 2.24) is 0 Å². The van der Waals surface area contributed by atoms with Gasteiger partial charge in [-0.3, -0.25) is 0 Å². The lowest BCUT2D eigenvalue weighted by molar-refractivity contribution is -0.333. The largest absolute Gasteiger partial charge is 0.504 e. The van der Waals surface area contributed by atoms with Gasteiger partial charge in [0.2, 0.25) is 0 Å². The molecule has 0 unspecified atom stereocenters. The van der Waals surface area contributed by atoms with Crippen LogP contribution in [-0.2, 0) is 19.0 Å². The Morgan fingerprint density at radius 1 is 1.05 bits per heavy atom. The number of ether oxygens (including phenoxy) is 3. The summed E-state index contributed by atoms with van der Waals surface area (Å²) in [6.07, 6.45) is -2.91. The average molecular weight is 581 g/mol. The Bertz CT molecular complexity index is 1120. The van der Waals surface area contributed by atoms with Crippen LogP contribution < -0.4 is 0 Å². The summed E-state index contributed by atoms with van der Waals surface area (Å²) in [7, 11) is 0. The molecule has 0 spiro atoms. The van der Waals surface area contributed by atoms with E-state index >= 15 is 0 Å². The first-order chi connectivity index (χ1) is 19.1. The van der Waals surface area contributed by atoms with E-state index in [1.807, 2.05) is 20.8 Å². The van der Waals surface area contributed by atoms with E-state index in [1.165, 1.54) is 24.3 Å². The van der Waals surface area contributed by atoms with E-state index in [-0.39, 0.29) is 23.3 Å². The first-order valence-corrected chi connectivity index (χ1v) is 14.2. The number of aliphatic hydroxyl groups is 5. The molecule has 41 heavy (non-hydrogen) atoms. The number of aromatic hydroxyl groups is 2. The summed E-state index contributed by atoms with van der Waals surface area (Å²) in [5, 5.41) is 73.4. The molecule has 3 aliphatic rings. The van der Waals surface area contributed by atoms with E-state index in [0.29, 0.717) is 37.7 Å². The van der Waals surface area contributed by atoms with Crippen LogP contribution in [0.5, 0.6) is 11.5 Å². The Morgan fingerprint density at radius 3 is 2.41 bits per heavy atom. The highest BCUT2D eigenvalue weighted by Gasteiger charge is 2.60. The van der Waals surface area contributed by atoms with Gasteiger partial charge < -0.3 is 50.0 Å². The Labute approximate surface area is 240 Å². The highest BCUT2D eigenvalue weighted by molar-refractivity contribution is 5.87. The third-order valence-corrected chi connectivity index (χ3v) is 9.69. The van der Waals surface area contributed by atoms with Crippen molar-refractivity contribution in [2.75, 3.05) is 6.61 Å². The maximum absolute atomic E-state index is 12.3. The molecule has 0 aromatic heterocycles. The van der Waals surface area contributed by atoms with Crippen molar-refractivity contribution in [3.8, 4) is 11.5 Å². The Hall–Kier alpha value is -2.25. The number of esters is 1. The second-order valence-electron chi connectivity index (χ2n) is 12.8. The number of phenolic OH excluding ortho intramolecular Hbond substituents is 2. The van der Waals surface area contributed by atoms with Gasteiger partial charge in [0, 0.05) is 6.08 Å². The fourth-order valence-electron chi connectivity index (χ4n) is 6.69. The smallest absolute Gasteiger partial charge is 0.330 e. The summed E-state index contributed by atoms with van der Waals surface area (Å²) in [6.45, 7) is 7.29. The molecule has 230 valence electrons. The summed E-state index contributed by atoms with van der Waals surface area (Å²) < 4.78 is 17.3. The lowest BCUT2D eigenvalue weighted by atomic mass is 9.50. The number of benzene rings is 1. The summed E-state index contributed by atoms with van der Waals surface area (Å²) in [5.41, 5.74) is -2.06. The van der Waals surface area contributed by atoms with E-state index in [1.54, 1.807) is 6.92 Å². The highest BCUT2D eigenvalue weighted by Crippen LogP contribution is 2.58. The van der Waals surface area contributed by atoms with Gasteiger partial charge in [-0.2, -0.15) is 0 Å². The SMILES string of the molecule is CC(C)[C@]1(O)CC[C@]2(C)[C@@H](C1)[C@@](C)(O)CC[C@H]2O[C@@H]1O[C@H](COC(=O)C=Cc2ccc(O)c(O)c2)[C@@H](O)[C@H](O)[C@H]1O. The first-order valence-electron chi connectivity index (χ1n) is 14.2. The lowest BCUT2D eigenvalue weighted by Crippen LogP contribution is -2.64. The molecule has 4 rings (SSSR count). The fourth-order valence-corrected chi connectivity index (χ4v) is 6.69. The second kappa shape index (κ2) is 11.8. The maximum Gasteiger partial charge on any atom is 0.330 e. The molecule has 3 fully saturated rings. The van der Waals surface area contributed by atoms with Gasteiger partial charge in [0.15, 0.2) is 17.8 Å². The Morgan fingerprint density at radius 2 is 1.76 bits per heavy atom. The van der Waals surface area contributed by atoms with Gasteiger partial charge in [0.25, 0.3) is 0 Å². The third-order valence-electron chi connectivity index (χ3n) is 9.69. The van der Waals surface area contributed by atoms with Crippen molar-refractivity contribution in [3.05, 3.63) is 29.8 Å².